The van der Waals surface area contributed by atoms with Crippen molar-refractivity contribution in [2.45, 2.75) is 31.7 Å². The van der Waals surface area contributed by atoms with Crippen molar-refractivity contribution in [2.75, 3.05) is 18.0 Å². The second-order valence-corrected chi connectivity index (χ2v) is 7.69. The number of thioether (sulfide) groups is 1. The minimum atomic E-state index is 0.640. The Bertz CT molecular complexity index is 581. The molecule has 3 nitrogen and oxygen atoms in total. The summed E-state index contributed by atoms with van der Waals surface area (Å²) < 4.78 is 1.20. The van der Waals surface area contributed by atoms with E-state index in [-0.39, 0.29) is 0 Å². The summed E-state index contributed by atoms with van der Waals surface area (Å²) in [5.41, 5.74) is 8.14. The van der Waals surface area contributed by atoms with Gasteiger partial charge in [0.1, 0.15) is 0 Å². The first kappa shape index (κ1) is 13.2. The number of nitrogens with two attached hydrogens (primary N) is 1. The number of nitrogens with zero attached hydrogens (tertiary/aromatic N) is 2. The topological polar surface area (TPSA) is 42.2 Å². The first-order valence-electron chi connectivity index (χ1n) is 6.64. The molecule has 1 aromatic carbocycles. The second kappa shape index (κ2) is 5.31. The highest BCUT2D eigenvalue weighted by Gasteiger charge is 2.24. The Labute approximate surface area is 122 Å². The van der Waals surface area contributed by atoms with Crippen LogP contribution in [0.25, 0.3) is 10.2 Å². The van der Waals surface area contributed by atoms with E-state index in [1.807, 2.05) is 0 Å². The van der Waals surface area contributed by atoms with Crippen molar-refractivity contribution in [3.8, 4) is 0 Å². The lowest BCUT2D eigenvalue weighted by atomic mass is 10.1. The van der Waals surface area contributed by atoms with Crippen LogP contribution in [0.1, 0.15) is 19.4 Å². The highest BCUT2D eigenvalue weighted by molar-refractivity contribution is 8.00. The second-order valence-electron chi connectivity index (χ2n) is 5.14. The van der Waals surface area contributed by atoms with Gasteiger partial charge in [0.15, 0.2) is 5.13 Å². The van der Waals surface area contributed by atoms with Crippen molar-refractivity contribution in [1.29, 1.82) is 0 Å². The van der Waals surface area contributed by atoms with E-state index in [0.29, 0.717) is 11.2 Å². The number of anilines is 1. The zero-order chi connectivity index (χ0) is 13.4. The molecule has 2 unspecified atom stereocenters. The van der Waals surface area contributed by atoms with E-state index in [9.17, 15) is 0 Å². The summed E-state index contributed by atoms with van der Waals surface area (Å²) in [7, 11) is 0. The fourth-order valence-corrected chi connectivity index (χ4v) is 4.50. The van der Waals surface area contributed by atoms with Crippen LogP contribution in [0, 0.1) is 0 Å². The molecule has 0 radical (unpaired) electrons. The van der Waals surface area contributed by atoms with E-state index in [2.05, 4.69) is 53.7 Å². The van der Waals surface area contributed by atoms with Crippen molar-refractivity contribution in [2.24, 2.45) is 0 Å². The van der Waals surface area contributed by atoms with Crippen LogP contribution in [0.15, 0.2) is 18.2 Å². The molecular weight excluding hydrogens is 274 g/mol. The van der Waals surface area contributed by atoms with Gasteiger partial charge in [-0.3, -0.25) is 4.90 Å². The summed E-state index contributed by atoms with van der Waals surface area (Å²) in [6.07, 6.45) is 0. The Hall–Kier alpha value is -0.780. The highest BCUT2D eigenvalue weighted by Crippen LogP contribution is 2.28. The van der Waals surface area contributed by atoms with E-state index in [1.54, 1.807) is 11.3 Å². The Morgan fingerprint density at radius 2 is 2.26 bits per heavy atom. The van der Waals surface area contributed by atoms with Crippen molar-refractivity contribution in [3.05, 3.63) is 23.8 Å². The summed E-state index contributed by atoms with van der Waals surface area (Å²) in [6, 6.07) is 7.15. The fraction of sp³-hybridized carbons (Fsp3) is 0.500. The van der Waals surface area contributed by atoms with Crippen LogP contribution in [0.2, 0.25) is 0 Å². The van der Waals surface area contributed by atoms with Gasteiger partial charge in [-0.05, 0) is 24.6 Å². The molecule has 1 fully saturated rings. The molecular formula is C14H19N3S2. The van der Waals surface area contributed by atoms with Gasteiger partial charge < -0.3 is 5.73 Å². The standard InChI is InChI=1S/C14H19N3S2/c1-9-10(2)18-6-5-17(9)8-11-3-4-12-13(7-11)19-14(15)16-12/h3-4,7,9-10H,5-6,8H2,1-2H3,(H2,15,16). The van der Waals surface area contributed by atoms with E-state index in [4.69, 9.17) is 5.73 Å². The quantitative estimate of drug-likeness (QED) is 0.923. The van der Waals surface area contributed by atoms with Gasteiger partial charge in [0.25, 0.3) is 0 Å². The van der Waals surface area contributed by atoms with Gasteiger partial charge >= 0.3 is 0 Å². The van der Waals surface area contributed by atoms with Gasteiger partial charge in [0.2, 0.25) is 0 Å². The number of aromatic nitrogens is 1. The molecule has 0 saturated carbocycles. The largest absolute Gasteiger partial charge is 0.375 e. The van der Waals surface area contributed by atoms with Crippen molar-refractivity contribution >= 4 is 38.4 Å². The minimum absolute atomic E-state index is 0.640. The molecule has 102 valence electrons. The summed E-state index contributed by atoms with van der Waals surface area (Å²) in [5.74, 6) is 1.24. The molecule has 1 aliphatic rings. The Kier molecular flexibility index (Phi) is 3.69. The van der Waals surface area contributed by atoms with Crippen LogP contribution in [0.5, 0.6) is 0 Å². The lowest BCUT2D eigenvalue weighted by Crippen LogP contribution is -2.43. The maximum Gasteiger partial charge on any atom is 0.181 e. The number of hydrogen-bond donors (Lipinski definition) is 1. The predicted molar refractivity (Wildman–Crippen MR) is 85.8 cm³/mol. The van der Waals surface area contributed by atoms with Crippen LogP contribution in [0.3, 0.4) is 0 Å². The zero-order valence-corrected chi connectivity index (χ0v) is 12.9. The van der Waals surface area contributed by atoms with E-state index >= 15 is 0 Å². The lowest BCUT2D eigenvalue weighted by Gasteiger charge is -2.37. The monoisotopic (exact) mass is 293 g/mol. The Morgan fingerprint density at radius 1 is 1.42 bits per heavy atom. The van der Waals surface area contributed by atoms with Crippen LogP contribution in [0.4, 0.5) is 5.13 Å². The smallest absolute Gasteiger partial charge is 0.181 e. The van der Waals surface area contributed by atoms with Crippen LogP contribution in [-0.4, -0.2) is 33.5 Å². The third-order valence-corrected chi connectivity index (χ3v) is 6.05. The molecule has 0 spiro atoms. The zero-order valence-electron chi connectivity index (χ0n) is 11.3. The lowest BCUT2D eigenvalue weighted by molar-refractivity contribution is 0.204. The first-order valence-corrected chi connectivity index (χ1v) is 8.50. The SMILES string of the molecule is CC1SCCN(Cc2ccc3nc(N)sc3c2)C1C. The van der Waals surface area contributed by atoms with E-state index in [0.717, 1.165) is 17.3 Å². The molecule has 0 aliphatic carbocycles. The van der Waals surface area contributed by atoms with Crippen molar-refractivity contribution < 1.29 is 0 Å². The third-order valence-electron chi connectivity index (χ3n) is 3.87. The summed E-state index contributed by atoms with van der Waals surface area (Å²) in [5, 5.41) is 1.38. The molecule has 2 N–H and O–H groups in total. The maximum absolute atomic E-state index is 5.76. The van der Waals surface area contributed by atoms with Gasteiger partial charge in [0, 0.05) is 30.1 Å². The van der Waals surface area contributed by atoms with E-state index in [1.165, 1.54) is 22.6 Å². The van der Waals surface area contributed by atoms with Crippen molar-refractivity contribution in [1.82, 2.24) is 9.88 Å². The number of nitrogen functional groups attached to an aromatic ring is 1. The van der Waals surface area contributed by atoms with Crippen molar-refractivity contribution in [3.63, 3.8) is 0 Å². The number of thiazole rings is 1. The third kappa shape index (κ3) is 2.73. The molecule has 3 rings (SSSR count). The molecule has 0 amide bonds. The van der Waals surface area contributed by atoms with Gasteiger partial charge in [-0.1, -0.05) is 24.3 Å². The normalized spacial score (nSPS) is 24.9. The van der Waals surface area contributed by atoms with Gasteiger partial charge in [0.05, 0.1) is 10.2 Å². The summed E-state index contributed by atoms with van der Waals surface area (Å²) >= 11 is 3.65. The highest BCUT2D eigenvalue weighted by atomic mass is 32.2. The maximum atomic E-state index is 5.76. The number of fused-ring (bicyclic) bond motifs is 1. The molecule has 2 aromatic rings. The number of benzene rings is 1. The minimum Gasteiger partial charge on any atom is -0.375 e. The molecule has 5 heteroatoms. The molecule has 1 aliphatic heterocycles. The molecule has 0 bridgehead atoms. The molecule has 1 aromatic heterocycles. The fourth-order valence-electron chi connectivity index (χ4n) is 2.54. The molecule has 1 saturated heterocycles. The average Bonchev–Trinajstić information content (AvgIpc) is 2.74. The number of rotatable bonds is 2. The molecule has 2 heterocycles. The van der Waals surface area contributed by atoms with Crippen LogP contribution in [-0.2, 0) is 6.54 Å². The van der Waals surface area contributed by atoms with Gasteiger partial charge in [-0.15, -0.1) is 0 Å². The van der Waals surface area contributed by atoms with Gasteiger partial charge in [-0.25, -0.2) is 4.98 Å². The van der Waals surface area contributed by atoms with E-state index < -0.39 is 0 Å². The molecule has 19 heavy (non-hydrogen) atoms. The summed E-state index contributed by atoms with van der Waals surface area (Å²) in [4.78, 5) is 6.88. The predicted octanol–water partition coefficient (Wildman–Crippen LogP) is 3.20. The average molecular weight is 293 g/mol. The van der Waals surface area contributed by atoms with Crippen LogP contribution < -0.4 is 5.73 Å². The summed E-state index contributed by atoms with van der Waals surface area (Å²) in [6.45, 7) is 6.87. The van der Waals surface area contributed by atoms with Crippen LogP contribution >= 0.6 is 23.1 Å². The Morgan fingerprint density at radius 3 is 3.11 bits per heavy atom. The number of hydrogen-bond acceptors (Lipinski definition) is 5. The first-order chi connectivity index (χ1) is 9.13. The Balaban J connectivity index is 1.80. The molecule has 2 atom stereocenters. The van der Waals surface area contributed by atoms with Gasteiger partial charge in [-0.2, -0.15) is 11.8 Å².